The van der Waals surface area contributed by atoms with Crippen LogP contribution in [0.5, 0.6) is 0 Å². The molecule has 116 valence electrons. The van der Waals surface area contributed by atoms with E-state index in [4.69, 9.17) is 11.5 Å². The van der Waals surface area contributed by atoms with Gasteiger partial charge in [-0.3, -0.25) is 4.79 Å². The zero-order valence-corrected chi connectivity index (χ0v) is 12.5. The Kier molecular flexibility index (Phi) is 4.81. The van der Waals surface area contributed by atoms with Crippen molar-refractivity contribution >= 4 is 21.6 Å². The van der Waals surface area contributed by atoms with Gasteiger partial charge in [-0.2, -0.15) is 0 Å². The fraction of sp³-hybridized carbons (Fsp3) is 0.462. The number of sulfonamides is 1. The molecule has 1 amide bonds. The van der Waals surface area contributed by atoms with E-state index in [0.717, 1.165) is 25.9 Å². The van der Waals surface area contributed by atoms with Crippen LogP contribution >= 0.6 is 0 Å². The second-order valence-corrected chi connectivity index (χ2v) is 6.80. The van der Waals surface area contributed by atoms with E-state index in [0.29, 0.717) is 13.1 Å². The van der Waals surface area contributed by atoms with E-state index in [1.807, 2.05) is 0 Å². The summed E-state index contributed by atoms with van der Waals surface area (Å²) < 4.78 is 26.9. The largest absolute Gasteiger partial charge is 0.398 e. The average molecular weight is 312 g/mol. The van der Waals surface area contributed by atoms with Crippen LogP contribution in [0.25, 0.3) is 0 Å². The fourth-order valence-electron chi connectivity index (χ4n) is 2.37. The van der Waals surface area contributed by atoms with Crippen molar-refractivity contribution in [3.63, 3.8) is 0 Å². The molecular formula is C13H20N4O3S. The summed E-state index contributed by atoms with van der Waals surface area (Å²) in [6.07, 6.45) is 2.32. The molecule has 0 bridgehead atoms. The zero-order chi connectivity index (χ0) is 15.5. The quantitative estimate of drug-likeness (QED) is 0.625. The number of nitrogens with one attached hydrogen (secondary N) is 1. The first-order valence-corrected chi connectivity index (χ1v) is 8.30. The number of likely N-dealkylation sites (tertiary alicyclic amines) is 1. The maximum Gasteiger partial charge on any atom is 0.248 e. The van der Waals surface area contributed by atoms with Gasteiger partial charge in [-0.05, 0) is 44.1 Å². The lowest BCUT2D eigenvalue weighted by atomic mass is 10.2. The highest BCUT2D eigenvalue weighted by atomic mass is 32.2. The van der Waals surface area contributed by atoms with E-state index in [1.54, 1.807) is 0 Å². The molecule has 1 aliphatic heterocycles. The number of carbonyl (C=O) groups excluding carboxylic acids is 1. The molecule has 1 aromatic carbocycles. The molecular weight excluding hydrogens is 292 g/mol. The molecule has 0 aliphatic carbocycles. The molecule has 0 spiro atoms. The van der Waals surface area contributed by atoms with Gasteiger partial charge in [0.05, 0.1) is 5.69 Å². The molecule has 0 radical (unpaired) electrons. The van der Waals surface area contributed by atoms with Crippen LogP contribution in [0, 0.1) is 0 Å². The molecule has 1 saturated heterocycles. The molecule has 1 fully saturated rings. The molecule has 8 heteroatoms. The molecule has 1 aliphatic rings. The number of nitrogen functional groups attached to an aromatic ring is 1. The second kappa shape index (κ2) is 6.42. The van der Waals surface area contributed by atoms with Crippen molar-refractivity contribution in [3.05, 3.63) is 23.8 Å². The highest BCUT2D eigenvalue weighted by molar-refractivity contribution is 7.89. The number of hydrogen-bond acceptors (Lipinski definition) is 5. The van der Waals surface area contributed by atoms with Crippen molar-refractivity contribution in [2.24, 2.45) is 5.73 Å². The summed E-state index contributed by atoms with van der Waals surface area (Å²) in [6, 6.07) is 3.93. The first-order valence-electron chi connectivity index (χ1n) is 6.81. The topological polar surface area (TPSA) is 119 Å². The highest BCUT2D eigenvalue weighted by Crippen LogP contribution is 2.19. The van der Waals surface area contributed by atoms with E-state index in [2.05, 4.69) is 9.62 Å². The number of primary amides is 1. The van der Waals surface area contributed by atoms with Crippen LogP contribution in [0.4, 0.5) is 5.69 Å². The molecule has 2 rings (SSSR count). The smallest absolute Gasteiger partial charge is 0.248 e. The molecule has 5 N–H and O–H groups in total. The van der Waals surface area contributed by atoms with Gasteiger partial charge in [-0.1, -0.05) is 0 Å². The van der Waals surface area contributed by atoms with Gasteiger partial charge >= 0.3 is 0 Å². The van der Waals surface area contributed by atoms with Crippen molar-refractivity contribution in [2.75, 3.05) is 31.9 Å². The molecule has 1 heterocycles. The highest BCUT2D eigenvalue weighted by Gasteiger charge is 2.19. The van der Waals surface area contributed by atoms with Gasteiger partial charge in [0.15, 0.2) is 0 Å². The summed E-state index contributed by atoms with van der Waals surface area (Å²) in [5.74, 6) is -0.646. The minimum Gasteiger partial charge on any atom is -0.398 e. The zero-order valence-electron chi connectivity index (χ0n) is 11.7. The van der Waals surface area contributed by atoms with Gasteiger partial charge in [0, 0.05) is 18.7 Å². The number of nitrogens with two attached hydrogens (primary N) is 2. The minimum absolute atomic E-state index is 0.0139. The summed E-state index contributed by atoms with van der Waals surface area (Å²) in [4.78, 5) is 13.2. The van der Waals surface area contributed by atoms with Crippen LogP contribution in [0.3, 0.4) is 0 Å². The molecule has 0 unspecified atom stereocenters. The molecule has 7 nitrogen and oxygen atoms in total. The van der Waals surface area contributed by atoms with Crippen molar-refractivity contribution < 1.29 is 13.2 Å². The van der Waals surface area contributed by atoms with Crippen LogP contribution in [0.2, 0.25) is 0 Å². The van der Waals surface area contributed by atoms with Gasteiger partial charge < -0.3 is 16.4 Å². The Hall–Kier alpha value is -1.64. The van der Waals surface area contributed by atoms with Crippen LogP contribution in [0.1, 0.15) is 23.2 Å². The minimum atomic E-state index is -3.68. The van der Waals surface area contributed by atoms with E-state index in [1.165, 1.54) is 18.2 Å². The molecule has 0 atom stereocenters. The molecule has 0 aromatic heterocycles. The third kappa shape index (κ3) is 3.93. The Morgan fingerprint density at radius 1 is 1.29 bits per heavy atom. The number of carbonyl (C=O) groups is 1. The van der Waals surface area contributed by atoms with E-state index in [9.17, 15) is 13.2 Å². The summed E-state index contributed by atoms with van der Waals surface area (Å²) >= 11 is 0. The molecule has 1 aromatic rings. The summed E-state index contributed by atoms with van der Waals surface area (Å²) in [7, 11) is -3.68. The number of benzene rings is 1. The number of amides is 1. The summed E-state index contributed by atoms with van der Waals surface area (Å²) in [6.45, 7) is 3.03. The first kappa shape index (κ1) is 15.7. The van der Waals surface area contributed by atoms with Crippen LogP contribution in [-0.4, -0.2) is 45.4 Å². The summed E-state index contributed by atoms with van der Waals surface area (Å²) in [5, 5.41) is 0. The number of nitrogens with zero attached hydrogens (tertiary/aromatic N) is 1. The molecule has 0 saturated carbocycles. The Labute approximate surface area is 124 Å². The van der Waals surface area contributed by atoms with Gasteiger partial charge in [0.1, 0.15) is 4.90 Å². The Morgan fingerprint density at radius 3 is 2.52 bits per heavy atom. The predicted octanol–water partition coefficient (Wildman–Crippen LogP) is -0.258. The van der Waals surface area contributed by atoms with Gasteiger partial charge in [0.2, 0.25) is 15.9 Å². The van der Waals surface area contributed by atoms with Crippen molar-refractivity contribution in [2.45, 2.75) is 17.7 Å². The van der Waals surface area contributed by atoms with Gasteiger partial charge in [0.25, 0.3) is 0 Å². The van der Waals surface area contributed by atoms with Crippen LogP contribution in [0.15, 0.2) is 23.1 Å². The van der Waals surface area contributed by atoms with Crippen LogP contribution in [-0.2, 0) is 10.0 Å². The standard InChI is InChI=1S/C13H20N4O3S/c14-11-9-10(13(15)18)3-4-12(11)21(19,20)16-5-8-17-6-1-2-7-17/h3-4,9,16H,1-2,5-8,14H2,(H2,15,18). The third-order valence-electron chi connectivity index (χ3n) is 3.50. The van der Waals surface area contributed by atoms with E-state index in [-0.39, 0.29) is 16.1 Å². The van der Waals surface area contributed by atoms with Crippen LogP contribution < -0.4 is 16.2 Å². The van der Waals surface area contributed by atoms with E-state index >= 15 is 0 Å². The summed E-state index contributed by atoms with van der Waals surface area (Å²) in [5.41, 5.74) is 11.0. The second-order valence-electron chi connectivity index (χ2n) is 5.06. The molecule has 21 heavy (non-hydrogen) atoms. The lowest BCUT2D eigenvalue weighted by Crippen LogP contribution is -2.33. The van der Waals surface area contributed by atoms with E-state index < -0.39 is 15.9 Å². The SMILES string of the molecule is NC(=O)c1ccc(S(=O)(=O)NCCN2CCCC2)c(N)c1. The Balaban J connectivity index is 2.03. The number of rotatable bonds is 6. The third-order valence-corrected chi connectivity index (χ3v) is 5.04. The number of anilines is 1. The monoisotopic (exact) mass is 312 g/mol. The average Bonchev–Trinajstić information content (AvgIpc) is 2.91. The maximum atomic E-state index is 12.2. The lowest BCUT2D eigenvalue weighted by molar-refractivity contribution is 0.1000. The Morgan fingerprint density at radius 2 is 1.95 bits per heavy atom. The number of hydrogen-bond donors (Lipinski definition) is 3. The normalized spacial score (nSPS) is 16.2. The maximum absolute atomic E-state index is 12.2. The van der Waals surface area contributed by atoms with Gasteiger partial charge in [-0.25, -0.2) is 13.1 Å². The van der Waals surface area contributed by atoms with Crippen molar-refractivity contribution in [3.8, 4) is 0 Å². The Bertz CT molecular complexity index is 624. The van der Waals surface area contributed by atoms with Gasteiger partial charge in [-0.15, -0.1) is 0 Å². The lowest BCUT2D eigenvalue weighted by Gasteiger charge is -2.15. The first-order chi connectivity index (χ1) is 9.90. The van der Waals surface area contributed by atoms with Crippen molar-refractivity contribution in [1.29, 1.82) is 0 Å². The fourth-order valence-corrected chi connectivity index (χ4v) is 3.50. The van der Waals surface area contributed by atoms with Crippen molar-refractivity contribution in [1.82, 2.24) is 9.62 Å². The predicted molar refractivity (Wildman–Crippen MR) is 80.2 cm³/mol.